The van der Waals surface area contributed by atoms with Crippen molar-refractivity contribution < 1.29 is 19.1 Å². The molecule has 4 amide bonds. The number of ether oxygens (including phenoxy) is 1. The van der Waals surface area contributed by atoms with Gasteiger partial charge in [-0.15, -0.1) is 0 Å². The Kier molecular flexibility index (Phi) is 10.9. The van der Waals surface area contributed by atoms with Gasteiger partial charge in [0.05, 0.1) is 42.1 Å². The zero-order valence-corrected chi connectivity index (χ0v) is 32.4. The summed E-state index contributed by atoms with van der Waals surface area (Å²) < 4.78 is 5.41. The van der Waals surface area contributed by atoms with Gasteiger partial charge in [0.25, 0.3) is 11.8 Å². The van der Waals surface area contributed by atoms with Crippen molar-refractivity contribution in [3.63, 3.8) is 0 Å². The molecule has 5 aromatic rings. The van der Waals surface area contributed by atoms with Crippen molar-refractivity contribution in [1.29, 1.82) is 0 Å². The smallest absolute Gasteiger partial charge is 0.330 e. The number of nitrogens with one attached hydrogen (secondary N) is 2. The fraction of sp³-hybridized carbons (Fsp3) is 0.279. The number of aromatic nitrogens is 3. The van der Waals surface area contributed by atoms with Crippen LogP contribution >= 0.6 is 0 Å². The summed E-state index contributed by atoms with van der Waals surface area (Å²) in [6.45, 7) is 8.83. The van der Waals surface area contributed by atoms with Crippen LogP contribution in [0.4, 0.5) is 39.3 Å². The lowest BCUT2D eigenvalue weighted by Crippen LogP contribution is -2.46. The van der Waals surface area contributed by atoms with E-state index in [1.807, 2.05) is 68.4 Å². The second kappa shape index (κ2) is 16.1. The maximum Gasteiger partial charge on any atom is 0.330 e. The summed E-state index contributed by atoms with van der Waals surface area (Å²) >= 11 is 0. The molecule has 0 bridgehead atoms. The van der Waals surface area contributed by atoms with Crippen molar-refractivity contribution in [3.8, 4) is 0 Å². The molecule has 0 fully saturated rings. The van der Waals surface area contributed by atoms with Gasteiger partial charge in [0.15, 0.2) is 0 Å². The number of aliphatic imine (C=N–C) groups is 1. The number of hydrogen-bond donors (Lipinski definition) is 2. The SMILES string of the molecule is COCCN1C(=O)C(CC(C)C)N=C(c2ccccc2)c2ccc(C(=O)Nc3ccc(C)c(N4Cc5cnc(Nc6ccc(C)nc6)nc5N(C)C4=O)c3)cc21. The van der Waals surface area contributed by atoms with Crippen molar-refractivity contribution >= 4 is 58.1 Å². The molecule has 2 N–H and O–H groups in total. The lowest BCUT2D eigenvalue weighted by atomic mass is 9.98. The third kappa shape index (κ3) is 7.85. The number of nitrogens with zero attached hydrogens (tertiary/aromatic N) is 7. The highest BCUT2D eigenvalue weighted by Gasteiger charge is 2.34. The van der Waals surface area contributed by atoms with Crippen LogP contribution in [0.5, 0.6) is 0 Å². The number of carbonyl (C=O) groups is 3. The first-order chi connectivity index (χ1) is 27.0. The second-order valence-corrected chi connectivity index (χ2v) is 14.4. The number of benzene rings is 3. The molecule has 2 aliphatic heterocycles. The number of methoxy groups -OCH3 is 1. The summed E-state index contributed by atoms with van der Waals surface area (Å²) in [7, 11) is 3.28. The van der Waals surface area contributed by atoms with E-state index in [1.54, 1.807) is 60.6 Å². The number of aryl methyl sites for hydroxylation is 2. The number of hydrogen-bond acceptors (Lipinski definition) is 9. The van der Waals surface area contributed by atoms with Crippen molar-refractivity contribution in [2.24, 2.45) is 10.9 Å². The topological polar surface area (TPSA) is 145 Å². The van der Waals surface area contributed by atoms with Crippen LogP contribution < -0.4 is 25.3 Å². The molecule has 13 nitrogen and oxygen atoms in total. The largest absolute Gasteiger partial charge is 0.383 e. The molecule has 4 heterocycles. The van der Waals surface area contributed by atoms with Crippen LogP contribution in [0.15, 0.2) is 96.2 Å². The predicted octanol–water partition coefficient (Wildman–Crippen LogP) is 7.31. The lowest BCUT2D eigenvalue weighted by Gasteiger charge is -2.35. The average Bonchev–Trinajstić information content (AvgIpc) is 3.30. The molecule has 56 heavy (non-hydrogen) atoms. The molecule has 286 valence electrons. The quantitative estimate of drug-likeness (QED) is 0.143. The number of carbonyl (C=O) groups excluding carboxylic acids is 3. The first kappa shape index (κ1) is 37.8. The number of amides is 4. The molecule has 2 aromatic heterocycles. The number of benzodiazepines with no additional fused rings is 1. The molecule has 0 spiro atoms. The maximum atomic E-state index is 14.2. The Morgan fingerprint density at radius 2 is 1.71 bits per heavy atom. The van der Waals surface area contributed by atoms with Gasteiger partial charge >= 0.3 is 6.03 Å². The first-order valence-electron chi connectivity index (χ1n) is 18.6. The van der Waals surface area contributed by atoms with Crippen LogP contribution in [0.3, 0.4) is 0 Å². The average molecular weight is 752 g/mol. The first-order valence-corrected chi connectivity index (χ1v) is 18.6. The van der Waals surface area contributed by atoms with Gasteiger partial charge in [0.2, 0.25) is 5.95 Å². The highest BCUT2D eigenvalue weighted by molar-refractivity contribution is 6.21. The molecular weight excluding hydrogens is 707 g/mol. The monoisotopic (exact) mass is 751 g/mol. The highest BCUT2D eigenvalue weighted by atomic mass is 16.5. The lowest BCUT2D eigenvalue weighted by molar-refractivity contribution is -0.120. The molecule has 0 aliphatic carbocycles. The molecule has 0 radical (unpaired) electrons. The minimum absolute atomic E-state index is 0.136. The Labute approximate surface area is 326 Å². The van der Waals surface area contributed by atoms with Crippen molar-refractivity contribution in [2.75, 3.05) is 52.6 Å². The van der Waals surface area contributed by atoms with Gasteiger partial charge in [0, 0.05) is 60.5 Å². The molecule has 0 saturated heterocycles. The van der Waals surface area contributed by atoms with Gasteiger partial charge in [-0.3, -0.25) is 29.4 Å². The van der Waals surface area contributed by atoms with Crippen LogP contribution in [-0.4, -0.2) is 71.9 Å². The molecular formula is C43H45N9O4. The van der Waals surface area contributed by atoms with Gasteiger partial charge in [0.1, 0.15) is 11.9 Å². The minimum Gasteiger partial charge on any atom is -0.383 e. The summed E-state index contributed by atoms with van der Waals surface area (Å²) in [5.74, 6) is 0.585. The minimum atomic E-state index is -0.595. The molecule has 2 aliphatic rings. The van der Waals surface area contributed by atoms with Crippen molar-refractivity contribution in [3.05, 3.63) is 125 Å². The number of anilines is 6. The van der Waals surface area contributed by atoms with Crippen LogP contribution in [0.2, 0.25) is 0 Å². The summed E-state index contributed by atoms with van der Waals surface area (Å²) in [6.07, 6.45) is 3.99. The molecule has 1 unspecified atom stereocenters. The van der Waals surface area contributed by atoms with Crippen LogP contribution in [-0.2, 0) is 16.1 Å². The standard InChI is InChI=1S/C43H45N9O4/c1-26(2)20-35-41(54)51(18-19-56-6)37-21-30(14-17-34(37)38(48-35)29-10-8-7-9-11-29)40(53)46-32-15-12-27(3)36(22-32)52-25-31-23-45-42(49-39(31)50(5)43(52)55)47-33-16-13-28(4)44-24-33/h7-17,21-24,26,35H,18-20,25H2,1-6H3,(H,46,53)(H,45,47,49). The molecule has 13 heteroatoms. The Morgan fingerprint density at radius 1 is 0.929 bits per heavy atom. The van der Waals surface area contributed by atoms with E-state index >= 15 is 0 Å². The van der Waals surface area contributed by atoms with Crippen molar-refractivity contribution in [2.45, 2.75) is 46.7 Å². The zero-order chi connectivity index (χ0) is 39.5. The third-order valence-electron chi connectivity index (χ3n) is 9.83. The fourth-order valence-electron chi connectivity index (χ4n) is 6.92. The van der Waals surface area contributed by atoms with E-state index in [0.29, 0.717) is 59.7 Å². The van der Waals surface area contributed by atoms with Crippen molar-refractivity contribution in [1.82, 2.24) is 15.0 Å². The van der Waals surface area contributed by atoms with E-state index in [0.717, 1.165) is 33.6 Å². The van der Waals surface area contributed by atoms with Gasteiger partial charge in [-0.2, -0.15) is 4.98 Å². The number of pyridine rings is 1. The summed E-state index contributed by atoms with van der Waals surface area (Å²) in [5, 5.41) is 6.18. The van der Waals surface area contributed by atoms with E-state index < -0.39 is 6.04 Å². The zero-order valence-electron chi connectivity index (χ0n) is 32.4. The number of fused-ring (bicyclic) bond motifs is 2. The molecule has 0 saturated carbocycles. The van der Waals surface area contributed by atoms with E-state index in [4.69, 9.17) is 9.73 Å². The normalized spacial score (nSPS) is 15.3. The predicted molar refractivity (Wildman–Crippen MR) is 219 cm³/mol. The summed E-state index contributed by atoms with van der Waals surface area (Å²) in [5.41, 5.74) is 7.68. The Morgan fingerprint density at radius 3 is 2.45 bits per heavy atom. The van der Waals surface area contributed by atoms with Gasteiger partial charge in [-0.1, -0.05) is 50.2 Å². The Bertz CT molecular complexity index is 2310. The van der Waals surface area contributed by atoms with Gasteiger partial charge < -0.3 is 20.3 Å². The number of urea groups is 1. The third-order valence-corrected chi connectivity index (χ3v) is 9.83. The van der Waals surface area contributed by atoms with Crippen LogP contribution in [0.25, 0.3) is 0 Å². The molecule has 7 rings (SSSR count). The van der Waals surface area contributed by atoms with Crippen LogP contribution in [0, 0.1) is 19.8 Å². The van der Waals surface area contributed by atoms with Gasteiger partial charge in [-0.25, -0.2) is 9.78 Å². The van der Waals surface area contributed by atoms with E-state index in [9.17, 15) is 14.4 Å². The molecule has 1 atom stereocenters. The highest BCUT2D eigenvalue weighted by Crippen LogP contribution is 2.35. The summed E-state index contributed by atoms with van der Waals surface area (Å²) in [4.78, 5) is 65.3. The second-order valence-electron chi connectivity index (χ2n) is 14.4. The Balaban J connectivity index is 1.16. The summed E-state index contributed by atoms with van der Waals surface area (Å²) in [6, 6.07) is 23.5. The van der Waals surface area contributed by atoms with Gasteiger partial charge in [-0.05, 0) is 74.2 Å². The molecule has 3 aromatic carbocycles. The van der Waals surface area contributed by atoms with E-state index in [1.165, 1.54) is 4.90 Å². The van der Waals surface area contributed by atoms with E-state index in [2.05, 4.69) is 39.4 Å². The maximum absolute atomic E-state index is 14.2. The number of rotatable bonds is 11. The van der Waals surface area contributed by atoms with E-state index in [-0.39, 0.29) is 30.3 Å². The Hall–Kier alpha value is -6.47. The van der Waals surface area contributed by atoms with Crippen LogP contribution in [0.1, 0.15) is 58.6 Å². The fourth-order valence-corrected chi connectivity index (χ4v) is 6.92.